The van der Waals surface area contributed by atoms with E-state index in [4.69, 9.17) is 28.3 Å². The first-order valence-corrected chi connectivity index (χ1v) is 9.68. The lowest BCUT2D eigenvalue weighted by atomic mass is 10.2. The fraction of sp³-hybridized carbons (Fsp3) is 0.300. The molecule has 0 spiro atoms. The third-order valence-corrected chi connectivity index (χ3v) is 4.97. The standard InChI is InChI=1S/C10H12Cl2N2O5S2/c1-5-7(21(13,18)19)3-6(11)10(9(5)12)14-8(15)4-20(2,16)17/h3H,4H2,1-2H3,(H,14,15)(H2,13,18,19). The fourth-order valence-corrected chi connectivity index (χ4v) is 3.55. The van der Waals surface area contributed by atoms with Gasteiger partial charge in [-0.3, -0.25) is 4.79 Å². The summed E-state index contributed by atoms with van der Waals surface area (Å²) in [4.78, 5) is 11.3. The summed E-state index contributed by atoms with van der Waals surface area (Å²) in [5.74, 6) is -1.60. The first kappa shape index (κ1) is 18.2. The number of hydrogen-bond acceptors (Lipinski definition) is 5. The van der Waals surface area contributed by atoms with Crippen LogP contribution < -0.4 is 10.5 Å². The van der Waals surface area contributed by atoms with Gasteiger partial charge in [-0.05, 0) is 18.6 Å². The van der Waals surface area contributed by atoms with Crippen molar-refractivity contribution < 1.29 is 21.6 Å². The fourth-order valence-electron chi connectivity index (χ4n) is 1.52. The van der Waals surface area contributed by atoms with Crippen LogP contribution in [-0.4, -0.2) is 34.8 Å². The Kier molecular flexibility index (Phi) is 5.27. The highest BCUT2D eigenvalue weighted by Gasteiger charge is 2.21. The Balaban J connectivity index is 3.29. The van der Waals surface area contributed by atoms with Crippen LogP contribution in [0.3, 0.4) is 0 Å². The summed E-state index contributed by atoms with van der Waals surface area (Å²) in [6, 6.07) is 1.04. The number of sulfonamides is 1. The Hall–Kier alpha value is -0.870. The number of benzene rings is 1. The van der Waals surface area contributed by atoms with Crippen LogP contribution in [-0.2, 0) is 24.7 Å². The summed E-state index contributed by atoms with van der Waals surface area (Å²) in [5.41, 5.74) is 0.0232. The second-order valence-corrected chi connectivity index (χ2v) is 8.79. The van der Waals surface area contributed by atoms with E-state index in [2.05, 4.69) is 5.32 Å². The van der Waals surface area contributed by atoms with Gasteiger partial charge in [0.25, 0.3) is 0 Å². The maximum Gasteiger partial charge on any atom is 0.239 e. The smallest absolute Gasteiger partial charge is 0.239 e. The minimum Gasteiger partial charge on any atom is -0.323 e. The molecule has 118 valence electrons. The van der Waals surface area contributed by atoms with Crippen molar-refractivity contribution in [2.75, 3.05) is 17.3 Å². The summed E-state index contributed by atoms with van der Waals surface area (Å²) < 4.78 is 44.8. The van der Waals surface area contributed by atoms with Gasteiger partial charge in [0.1, 0.15) is 5.75 Å². The number of carbonyl (C=O) groups is 1. The van der Waals surface area contributed by atoms with E-state index >= 15 is 0 Å². The molecule has 1 rings (SSSR count). The Bertz CT molecular complexity index is 803. The maximum atomic E-state index is 11.6. The SMILES string of the molecule is Cc1c(S(N)(=O)=O)cc(Cl)c(NC(=O)CS(C)(=O)=O)c1Cl. The summed E-state index contributed by atoms with van der Waals surface area (Å²) in [7, 11) is -7.55. The van der Waals surface area contributed by atoms with Crippen molar-refractivity contribution in [3.63, 3.8) is 0 Å². The highest BCUT2D eigenvalue weighted by atomic mass is 35.5. The molecule has 1 aromatic carbocycles. The van der Waals surface area contributed by atoms with Gasteiger partial charge in [0, 0.05) is 6.26 Å². The zero-order chi connectivity index (χ0) is 16.6. The molecule has 1 amide bonds. The molecule has 7 nitrogen and oxygen atoms in total. The summed E-state index contributed by atoms with van der Waals surface area (Å²) in [6.45, 7) is 1.38. The quantitative estimate of drug-likeness (QED) is 0.810. The van der Waals surface area contributed by atoms with Crippen LogP contribution in [0.2, 0.25) is 10.0 Å². The number of amides is 1. The maximum absolute atomic E-state index is 11.6. The molecule has 21 heavy (non-hydrogen) atoms. The van der Waals surface area contributed by atoms with E-state index in [-0.39, 0.29) is 26.2 Å². The second-order valence-electron chi connectivity index (χ2n) is 4.33. The van der Waals surface area contributed by atoms with Gasteiger partial charge in [0.05, 0.1) is 20.6 Å². The average molecular weight is 375 g/mol. The number of nitrogens with two attached hydrogens (primary N) is 1. The molecular weight excluding hydrogens is 363 g/mol. The van der Waals surface area contributed by atoms with Crippen molar-refractivity contribution in [1.29, 1.82) is 0 Å². The Labute approximate surface area is 132 Å². The molecular formula is C10H12Cl2N2O5S2. The van der Waals surface area contributed by atoms with Gasteiger partial charge in [-0.1, -0.05) is 23.2 Å². The molecule has 0 heterocycles. The molecule has 0 aliphatic carbocycles. The zero-order valence-electron chi connectivity index (χ0n) is 11.0. The summed E-state index contributed by atoms with van der Waals surface area (Å²) >= 11 is 11.8. The minimum absolute atomic E-state index is 0.0723. The predicted octanol–water partition coefficient (Wildman–Crippen LogP) is 0.932. The van der Waals surface area contributed by atoms with Gasteiger partial charge in [-0.25, -0.2) is 22.0 Å². The van der Waals surface area contributed by atoms with Gasteiger partial charge in [-0.15, -0.1) is 0 Å². The molecule has 3 N–H and O–H groups in total. The van der Waals surface area contributed by atoms with Crippen LogP contribution in [0.25, 0.3) is 0 Å². The van der Waals surface area contributed by atoms with Gasteiger partial charge in [0.15, 0.2) is 9.84 Å². The van der Waals surface area contributed by atoms with Crippen LogP contribution in [0.1, 0.15) is 5.56 Å². The van der Waals surface area contributed by atoms with Gasteiger partial charge in [-0.2, -0.15) is 0 Å². The van der Waals surface area contributed by atoms with E-state index in [1.807, 2.05) is 0 Å². The average Bonchev–Trinajstić information content (AvgIpc) is 2.25. The molecule has 0 saturated heterocycles. The van der Waals surface area contributed by atoms with Crippen molar-refractivity contribution in [3.8, 4) is 0 Å². The molecule has 1 aromatic rings. The minimum atomic E-state index is -4.03. The molecule has 0 atom stereocenters. The predicted molar refractivity (Wildman–Crippen MR) is 80.9 cm³/mol. The molecule has 0 fully saturated rings. The molecule has 0 saturated carbocycles. The Morgan fingerprint density at radius 1 is 1.29 bits per heavy atom. The van der Waals surface area contributed by atoms with E-state index in [9.17, 15) is 21.6 Å². The first-order chi connectivity index (χ1) is 9.33. The summed E-state index contributed by atoms with van der Waals surface area (Å²) in [6.07, 6.45) is 0.894. The molecule has 0 radical (unpaired) electrons. The van der Waals surface area contributed by atoms with Gasteiger partial charge < -0.3 is 5.32 Å². The lowest BCUT2D eigenvalue weighted by molar-refractivity contribution is -0.113. The molecule has 11 heteroatoms. The third-order valence-electron chi connectivity index (χ3n) is 2.38. The van der Waals surface area contributed by atoms with Crippen molar-refractivity contribution in [2.45, 2.75) is 11.8 Å². The topological polar surface area (TPSA) is 123 Å². The number of carbonyl (C=O) groups excluding carboxylic acids is 1. The number of rotatable bonds is 4. The third kappa shape index (κ3) is 4.82. The molecule has 0 aliphatic rings. The van der Waals surface area contributed by atoms with E-state index in [0.29, 0.717) is 0 Å². The highest BCUT2D eigenvalue weighted by molar-refractivity contribution is 7.91. The van der Waals surface area contributed by atoms with E-state index in [1.54, 1.807) is 0 Å². The van der Waals surface area contributed by atoms with Crippen molar-refractivity contribution in [2.24, 2.45) is 5.14 Å². The lowest BCUT2D eigenvalue weighted by Crippen LogP contribution is -2.22. The first-order valence-electron chi connectivity index (χ1n) is 5.32. The molecule has 0 unspecified atom stereocenters. The van der Waals surface area contributed by atoms with Crippen LogP contribution >= 0.6 is 23.2 Å². The van der Waals surface area contributed by atoms with E-state index in [1.165, 1.54) is 6.92 Å². The summed E-state index contributed by atoms with van der Waals surface area (Å²) in [5, 5.41) is 6.95. The monoisotopic (exact) mass is 374 g/mol. The van der Waals surface area contributed by atoms with Crippen LogP contribution in [0, 0.1) is 6.92 Å². The van der Waals surface area contributed by atoms with E-state index < -0.39 is 31.5 Å². The number of nitrogens with one attached hydrogen (secondary N) is 1. The van der Waals surface area contributed by atoms with Crippen molar-refractivity contribution in [3.05, 3.63) is 21.7 Å². The molecule has 0 bridgehead atoms. The van der Waals surface area contributed by atoms with Crippen LogP contribution in [0.4, 0.5) is 5.69 Å². The number of anilines is 1. The Morgan fingerprint density at radius 2 is 1.81 bits per heavy atom. The second kappa shape index (κ2) is 6.09. The van der Waals surface area contributed by atoms with Crippen molar-refractivity contribution >= 4 is 54.7 Å². The van der Waals surface area contributed by atoms with Crippen molar-refractivity contribution in [1.82, 2.24) is 0 Å². The Morgan fingerprint density at radius 3 is 2.24 bits per heavy atom. The number of sulfone groups is 1. The van der Waals surface area contributed by atoms with E-state index in [0.717, 1.165) is 12.3 Å². The van der Waals surface area contributed by atoms with Crippen LogP contribution in [0.15, 0.2) is 11.0 Å². The largest absolute Gasteiger partial charge is 0.323 e. The number of halogens is 2. The zero-order valence-corrected chi connectivity index (χ0v) is 14.1. The highest BCUT2D eigenvalue weighted by Crippen LogP contribution is 2.36. The lowest BCUT2D eigenvalue weighted by Gasteiger charge is -2.13. The number of primary sulfonamides is 1. The van der Waals surface area contributed by atoms with Crippen LogP contribution in [0.5, 0.6) is 0 Å². The number of hydrogen-bond donors (Lipinski definition) is 2. The molecule has 0 aromatic heterocycles. The molecule has 0 aliphatic heterocycles. The van der Waals surface area contributed by atoms with Gasteiger partial charge in [0.2, 0.25) is 15.9 Å². The normalized spacial score (nSPS) is 12.2. The van der Waals surface area contributed by atoms with Gasteiger partial charge >= 0.3 is 0 Å².